The van der Waals surface area contributed by atoms with Crippen molar-refractivity contribution in [3.8, 4) is 0 Å². The van der Waals surface area contributed by atoms with Crippen LogP contribution in [0.4, 0.5) is 8.78 Å². The van der Waals surface area contributed by atoms with Gasteiger partial charge in [-0.25, -0.2) is 8.78 Å². The molecule has 0 aliphatic rings. The second-order valence-electron chi connectivity index (χ2n) is 3.22. The summed E-state index contributed by atoms with van der Waals surface area (Å²) < 4.78 is 24.4. The number of nitrogens with zero attached hydrogens (tertiary/aromatic N) is 1. The second-order valence-corrected chi connectivity index (χ2v) is 3.22. The van der Waals surface area contributed by atoms with E-state index in [4.69, 9.17) is 0 Å². The molecule has 0 unspecified atom stereocenters. The Morgan fingerprint density at radius 2 is 1.73 bits per heavy atom. The van der Waals surface area contributed by atoms with E-state index in [1.165, 1.54) is 32.8 Å². The summed E-state index contributed by atoms with van der Waals surface area (Å²) in [5, 5.41) is 0. The normalized spacial score (nSPS) is 11.9. The summed E-state index contributed by atoms with van der Waals surface area (Å²) in [5.74, 6) is -0.549. The fraction of sp³-hybridized carbons (Fsp3) is 0.857. The molecule has 0 bridgehead atoms. The SMILES string of the molecule is CN(C)C(=O)C(C)(C)C(F)F. The largest absolute Gasteiger partial charge is 0.348 e. The van der Waals surface area contributed by atoms with Crippen LogP contribution in [-0.4, -0.2) is 31.3 Å². The highest BCUT2D eigenvalue weighted by Gasteiger charge is 2.38. The van der Waals surface area contributed by atoms with Gasteiger partial charge >= 0.3 is 0 Å². The highest BCUT2D eigenvalue weighted by atomic mass is 19.3. The summed E-state index contributed by atoms with van der Waals surface area (Å²) >= 11 is 0. The number of hydrogen-bond donors (Lipinski definition) is 0. The number of hydrogen-bond acceptors (Lipinski definition) is 1. The van der Waals surface area contributed by atoms with E-state index < -0.39 is 17.7 Å². The molecule has 0 rings (SSSR count). The fourth-order valence-corrected chi connectivity index (χ4v) is 0.670. The van der Waals surface area contributed by atoms with Crippen LogP contribution in [0.3, 0.4) is 0 Å². The zero-order valence-corrected chi connectivity index (χ0v) is 7.19. The van der Waals surface area contributed by atoms with Gasteiger partial charge in [-0.15, -0.1) is 0 Å². The number of carbonyl (C=O) groups excluding carboxylic acids is 1. The van der Waals surface area contributed by atoms with E-state index in [9.17, 15) is 13.6 Å². The first kappa shape index (κ1) is 10.3. The molecule has 0 aliphatic heterocycles. The first-order valence-corrected chi connectivity index (χ1v) is 3.30. The van der Waals surface area contributed by atoms with Crippen molar-refractivity contribution in [2.45, 2.75) is 20.3 Å². The number of halogens is 2. The van der Waals surface area contributed by atoms with E-state index in [2.05, 4.69) is 0 Å². The summed E-state index contributed by atoms with van der Waals surface area (Å²) in [6.45, 7) is 2.47. The second kappa shape index (κ2) is 3.15. The Kier molecular flexibility index (Phi) is 2.96. The maximum Gasteiger partial charge on any atom is 0.252 e. The zero-order valence-electron chi connectivity index (χ0n) is 7.19. The highest BCUT2D eigenvalue weighted by molar-refractivity contribution is 5.81. The van der Waals surface area contributed by atoms with Crippen molar-refractivity contribution in [3.63, 3.8) is 0 Å². The van der Waals surface area contributed by atoms with Crippen molar-refractivity contribution in [2.75, 3.05) is 14.1 Å². The molecule has 0 saturated carbocycles. The molecule has 2 nitrogen and oxygen atoms in total. The van der Waals surface area contributed by atoms with Gasteiger partial charge in [0.05, 0.1) is 0 Å². The minimum atomic E-state index is -2.61. The lowest BCUT2D eigenvalue weighted by Crippen LogP contribution is -2.40. The standard InChI is InChI=1S/C7H13F2NO/c1-7(2,5(8)9)6(11)10(3)4/h5H,1-4H3. The van der Waals surface area contributed by atoms with E-state index in [0.717, 1.165) is 0 Å². The molecule has 0 radical (unpaired) electrons. The number of carbonyl (C=O) groups is 1. The van der Waals surface area contributed by atoms with Gasteiger partial charge in [-0.3, -0.25) is 4.79 Å². The van der Waals surface area contributed by atoms with Crippen molar-refractivity contribution < 1.29 is 13.6 Å². The lowest BCUT2D eigenvalue weighted by Gasteiger charge is -2.25. The van der Waals surface area contributed by atoms with Crippen LogP contribution in [0.25, 0.3) is 0 Å². The Bertz CT molecular complexity index is 155. The monoisotopic (exact) mass is 165 g/mol. The van der Waals surface area contributed by atoms with Crippen LogP contribution in [-0.2, 0) is 4.79 Å². The molecule has 0 N–H and O–H groups in total. The Balaban J connectivity index is 4.43. The topological polar surface area (TPSA) is 20.3 Å². The van der Waals surface area contributed by atoms with Crippen molar-refractivity contribution in [2.24, 2.45) is 5.41 Å². The predicted octanol–water partition coefficient (Wildman–Crippen LogP) is 1.37. The Labute approximate surface area is 65.2 Å². The van der Waals surface area contributed by atoms with Gasteiger partial charge in [0.25, 0.3) is 6.43 Å². The van der Waals surface area contributed by atoms with Gasteiger partial charge in [-0.1, -0.05) is 0 Å². The smallest absolute Gasteiger partial charge is 0.252 e. The van der Waals surface area contributed by atoms with E-state index in [1.807, 2.05) is 0 Å². The van der Waals surface area contributed by atoms with Crippen molar-refractivity contribution in [3.05, 3.63) is 0 Å². The first-order valence-electron chi connectivity index (χ1n) is 3.30. The third-order valence-corrected chi connectivity index (χ3v) is 1.50. The maximum atomic E-state index is 12.2. The number of alkyl halides is 2. The fourth-order valence-electron chi connectivity index (χ4n) is 0.670. The average Bonchev–Trinajstić information content (AvgIpc) is 1.85. The molecule has 1 amide bonds. The Morgan fingerprint density at radius 1 is 1.36 bits per heavy atom. The molecule has 11 heavy (non-hydrogen) atoms. The van der Waals surface area contributed by atoms with Crippen LogP contribution in [0.2, 0.25) is 0 Å². The van der Waals surface area contributed by atoms with E-state index in [-0.39, 0.29) is 0 Å². The van der Waals surface area contributed by atoms with Crippen LogP contribution >= 0.6 is 0 Å². The maximum absolute atomic E-state index is 12.2. The molecule has 0 atom stereocenters. The van der Waals surface area contributed by atoms with Crippen LogP contribution in [0.15, 0.2) is 0 Å². The Hall–Kier alpha value is -0.670. The molecule has 0 aromatic carbocycles. The van der Waals surface area contributed by atoms with Gasteiger partial charge in [0.15, 0.2) is 0 Å². The third-order valence-electron chi connectivity index (χ3n) is 1.50. The Morgan fingerprint density at radius 3 is 1.82 bits per heavy atom. The number of rotatable bonds is 2. The van der Waals surface area contributed by atoms with Crippen LogP contribution in [0, 0.1) is 5.41 Å². The van der Waals surface area contributed by atoms with Crippen molar-refractivity contribution >= 4 is 5.91 Å². The quantitative estimate of drug-likeness (QED) is 0.605. The van der Waals surface area contributed by atoms with Gasteiger partial charge in [0, 0.05) is 14.1 Å². The summed E-state index contributed by atoms with van der Waals surface area (Å²) in [6.07, 6.45) is -2.61. The molecule has 0 fully saturated rings. The van der Waals surface area contributed by atoms with Crippen LogP contribution in [0.1, 0.15) is 13.8 Å². The lowest BCUT2D eigenvalue weighted by atomic mass is 9.93. The molecular formula is C7H13F2NO. The third kappa shape index (κ3) is 2.13. The van der Waals surface area contributed by atoms with E-state index >= 15 is 0 Å². The zero-order chi connectivity index (χ0) is 9.23. The lowest BCUT2D eigenvalue weighted by molar-refractivity contribution is -0.146. The molecule has 0 aliphatic carbocycles. The minimum absolute atomic E-state index is 0.549. The average molecular weight is 165 g/mol. The van der Waals surface area contributed by atoms with Crippen molar-refractivity contribution in [1.82, 2.24) is 4.90 Å². The van der Waals surface area contributed by atoms with Crippen LogP contribution in [0.5, 0.6) is 0 Å². The summed E-state index contributed by atoms with van der Waals surface area (Å²) in [4.78, 5) is 12.2. The molecule has 4 heteroatoms. The van der Waals surface area contributed by atoms with Crippen molar-refractivity contribution in [1.29, 1.82) is 0 Å². The van der Waals surface area contributed by atoms with Gasteiger partial charge in [-0.2, -0.15) is 0 Å². The predicted molar refractivity (Wildman–Crippen MR) is 38.5 cm³/mol. The summed E-state index contributed by atoms with van der Waals surface area (Å²) in [5.41, 5.74) is -1.57. The van der Waals surface area contributed by atoms with E-state index in [1.54, 1.807) is 0 Å². The molecule has 0 saturated heterocycles. The first-order chi connectivity index (χ1) is 4.80. The molecule has 0 aromatic heterocycles. The molecule has 0 aromatic rings. The van der Waals surface area contributed by atoms with Gasteiger partial charge in [0.1, 0.15) is 5.41 Å². The molecule has 0 spiro atoms. The summed E-state index contributed by atoms with van der Waals surface area (Å²) in [7, 11) is 2.93. The molecule has 66 valence electrons. The van der Waals surface area contributed by atoms with Gasteiger partial charge in [0.2, 0.25) is 5.91 Å². The minimum Gasteiger partial charge on any atom is -0.348 e. The highest BCUT2D eigenvalue weighted by Crippen LogP contribution is 2.26. The molecular weight excluding hydrogens is 152 g/mol. The summed E-state index contributed by atoms with van der Waals surface area (Å²) in [6, 6.07) is 0. The number of amides is 1. The van der Waals surface area contributed by atoms with Crippen LogP contribution < -0.4 is 0 Å². The van der Waals surface area contributed by atoms with Gasteiger partial charge in [-0.05, 0) is 13.8 Å². The van der Waals surface area contributed by atoms with Gasteiger partial charge < -0.3 is 4.90 Å². The van der Waals surface area contributed by atoms with E-state index in [0.29, 0.717) is 0 Å². The molecule has 0 heterocycles.